The quantitative estimate of drug-likeness (QED) is 0.0119. The number of alkyl carbamates (subject to hydrolysis) is 1. The molecular weight excluding hydrogens is 1020 g/mol. The number of nitro groups is 1. The van der Waals surface area contributed by atoms with Crippen LogP contribution in [0.25, 0.3) is 0 Å². The Bertz CT molecular complexity index is 2260. The van der Waals surface area contributed by atoms with Gasteiger partial charge in [0, 0.05) is 75.8 Å². The summed E-state index contributed by atoms with van der Waals surface area (Å²) in [6.07, 6.45) is -4.16. The Morgan fingerprint density at radius 3 is 1.61 bits per heavy atom. The van der Waals surface area contributed by atoms with Crippen molar-refractivity contribution in [3.63, 3.8) is 0 Å². The molecule has 0 saturated carbocycles. The van der Waals surface area contributed by atoms with E-state index in [-0.39, 0.29) is 70.0 Å². The van der Waals surface area contributed by atoms with Crippen molar-refractivity contribution in [2.75, 3.05) is 13.1 Å². The average Bonchev–Trinajstić information content (AvgIpc) is 3.33. The Balaban J connectivity index is 0.00000394. The van der Waals surface area contributed by atoms with E-state index < -0.39 is 101 Å². The third-order valence-corrected chi connectivity index (χ3v) is 10.7. The van der Waals surface area contributed by atoms with Gasteiger partial charge in [0.1, 0.15) is 31.0 Å². The van der Waals surface area contributed by atoms with Gasteiger partial charge in [-0.1, -0.05) is 72.5 Å². The van der Waals surface area contributed by atoms with Crippen molar-refractivity contribution in [1.82, 2.24) is 37.3 Å². The molecule has 7 atom stereocenters. The number of nitrogens with one attached hydrogen (secondary N) is 7. The highest BCUT2D eigenvalue weighted by Gasteiger charge is 2.29. The number of carboxylic acids is 1. The minimum absolute atomic E-state index is 0.0408. The first kappa shape index (κ1) is 67.1. The number of nitrogens with zero attached hydrogens (tertiary/aromatic N) is 2. The Morgan fingerprint density at radius 1 is 0.662 bits per heavy atom. The predicted octanol–water partition coefficient (Wildman–Crippen LogP) is 0.271. The van der Waals surface area contributed by atoms with Gasteiger partial charge in [0.15, 0.2) is 11.1 Å². The van der Waals surface area contributed by atoms with Crippen LogP contribution in [0.2, 0.25) is 0 Å². The fraction of sp³-hybridized carbons (Fsp3) is 0.551. The summed E-state index contributed by atoms with van der Waals surface area (Å²) in [4.78, 5) is 125. The van der Waals surface area contributed by atoms with Crippen molar-refractivity contribution in [2.24, 2.45) is 16.6 Å². The number of carbonyl (C=O) groups excluding carboxylic acids is 9. The minimum Gasteiger partial charge on any atom is -0.542 e. The minimum atomic E-state index is -5.19. The van der Waals surface area contributed by atoms with Crippen molar-refractivity contribution in [3.8, 4) is 0 Å². The van der Waals surface area contributed by atoms with Gasteiger partial charge < -0.3 is 62.7 Å². The maximum atomic E-state index is 13.2. The van der Waals surface area contributed by atoms with Gasteiger partial charge in [0.05, 0.1) is 5.92 Å². The van der Waals surface area contributed by atoms with Crippen LogP contribution in [0.4, 0.5) is 18.0 Å². The lowest BCUT2D eigenvalue weighted by atomic mass is 9.94. The highest BCUT2D eigenvalue weighted by Crippen LogP contribution is 2.19. The number of aliphatic imine (C=N–C) groups is 1. The molecule has 0 heterocycles. The lowest BCUT2D eigenvalue weighted by molar-refractivity contribution is -0.525. The van der Waals surface area contributed by atoms with E-state index >= 15 is 0 Å². The number of aliphatic carboxylic acids is 1. The number of guanidine groups is 1. The van der Waals surface area contributed by atoms with Gasteiger partial charge in [0.25, 0.3) is 11.9 Å². The molecule has 0 spiro atoms. The van der Waals surface area contributed by atoms with E-state index in [0.717, 1.165) is 11.1 Å². The summed E-state index contributed by atoms with van der Waals surface area (Å²) in [5.74, 6) is -7.15. The number of nitrogens with two attached hydrogens (primary N) is 1. The number of carboxylic acid groups (broad SMARTS) is 1. The number of esters is 1. The summed E-state index contributed by atoms with van der Waals surface area (Å²) < 4.78 is 42.4. The fourth-order valence-electron chi connectivity index (χ4n) is 6.93. The number of unbranched alkanes of at least 4 members (excludes halogenated alkanes) is 1. The lowest BCUT2D eigenvalue weighted by Crippen LogP contribution is -2.68. The molecule has 77 heavy (non-hydrogen) atoms. The number of ether oxygens (including phenoxy) is 2. The number of Topliss-reactive ketones (excluding diaryl/α,β-unsaturated/α-hetero) is 1. The number of hydrogen-bond acceptors (Lipinski definition) is 15. The van der Waals surface area contributed by atoms with Gasteiger partial charge in [-0.05, 0) is 65.0 Å². The van der Waals surface area contributed by atoms with Crippen LogP contribution in [0.3, 0.4) is 0 Å². The number of halogens is 3. The molecule has 2 rings (SSSR count). The molecule has 0 saturated heterocycles. The molecule has 12 N–H and O–H groups in total. The van der Waals surface area contributed by atoms with Gasteiger partial charge in [0.2, 0.25) is 23.6 Å². The van der Waals surface area contributed by atoms with Crippen LogP contribution in [0.5, 0.6) is 0 Å². The van der Waals surface area contributed by atoms with Gasteiger partial charge in [-0.15, -0.1) is 0 Å². The summed E-state index contributed by atoms with van der Waals surface area (Å²) in [7, 11) is 0. The van der Waals surface area contributed by atoms with E-state index in [9.17, 15) is 61.6 Å². The molecule has 2 aromatic rings. The maximum Gasteiger partial charge on any atom is 0.430 e. The number of benzene rings is 2. The van der Waals surface area contributed by atoms with Crippen LogP contribution >= 0.6 is 0 Å². The SMILES string of the molecule is C[C@H](CC(=O)C[C@@H](CCCCNC(=O)OCc1ccccc1)C(=O)OCc1ccccc1)NC(=O)C[C@H](C)NC(=O)C[C@@H](C)NC(=O)C[C@H](C)NC(=O)[C@H](C)NC(=O)[C@@H]([NH3+])CCCN=C(N)N[N+](=O)[O-].O=C([O-])C(F)(F)F. The number of carbonyl (C=O) groups is 9. The average molecular weight is 1100 g/mol. The third kappa shape index (κ3) is 32.9. The van der Waals surface area contributed by atoms with Crippen molar-refractivity contribution < 1.29 is 81.7 Å². The molecule has 28 heteroatoms. The van der Waals surface area contributed by atoms with E-state index in [0.29, 0.717) is 32.2 Å². The number of alkyl halides is 3. The molecule has 0 radical (unpaired) electrons. The second-order valence-corrected chi connectivity index (χ2v) is 18.1. The Hall–Kier alpha value is -7.91. The van der Waals surface area contributed by atoms with E-state index in [1.807, 2.05) is 60.7 Å². The third-order valence-electron chi connectivity index (χ3n) is 10.7. The summed E-state index contributed by atoms with van der Waals surface area (Å²) in [6, 6.07) is 14.4. The number of rotatable bonds is 32. The zero-order valence-corrected chi connectivity index (χ0v) is 43.7. The first-order valence-electron chi connectivity index (χ1n) is 24.6. The van der Waals surface area contributed by atoms with Gasteiger partial charge >= 0.3 is 18.2 Å². The highest BCUT2D eigenvalue weighted by molar-refractivity contribution is 5.89. The summed E-state index contributed by atoms with van der Waals surface area (Å²) in [6.45, 7) is 8.65. The largest absolute Gasteiger partial charge is 0.542 e. The number of ketones is 1. The molecule has 0 aliphatic rings. The van der Waals surface area contributed by atoms with E-state index in [1.165, 1.54) is 6.92 Å². The molecule has 0 bridgehead atoms. The highest BCUT2D eigenvalue weighted by atomic mass is 19.4. The van der Waals surface area contributed by atoms with Crippen molar-refractivity contribution in [3.05, 3.63) is 81.9 Å². The smallest absolute Gasteiger partial charge is 0.430 e. The lowest BCUT2D eigenvalue weighted by Gasteiger charge is -2.21. The molecule has 0 unspecified atom stereocenters. The first-order chi connectivity index (χ1) is 36.1. The second kappa shape index (κ2) is 36.1. The molecule has 0 aromatic heterocycles. The second-order valence-electron chi connectivity index (χ2n) is 18.1. The normalized spacial score (nSPS) is 13.9. The van der Waals surface area contributed by atoms with Crippen LogP contribution in [-0.2, 0) is 61.0 Å². The molecule has 0 aliphatic heterocycles. The topological polar surface area (TPSA) is 389 Å². The Morgan fingerprint density at radius 2 is 1.13 bits per heavy atom. The van der Waals surface area contributed by atoms with Gasteiger partial charge in [-0.3, -0.25) is 33.6 Å². The molecule has 2 aromatic carbocycles. The number of quaternary nitrogens is 1. The van der Waals surface area contributed by atoms with Crippen LogP contribution < -0.4 is 53.9 Å². The maximum absolute atomic E-state index is 13.2. The Labute approximate surface area is 443 Å². The number of amides is 6. The summed E-state index contributed by atoms with van der Waals surface area (Å²) >= 11 is 0. The predicted molar refractivity (Wildman–Crippen MR) is 268 cm³/mol. The number of hydrogen-bond donors (Lipinski definition) is 9. The molecule has 6 amide bonds. The van der Waals surface area contributed by atoms with Gasteiger partial charge in [-0.2, -0.15) is 13.2 Å². The van der Waals surface area contributed by atoms with Crippen molar-refractivity contribution in [1.29, 1.82) is 0 Å². The molecule has 0 fully saturated rings. The van der Waals surface area contributed by atoms with E-state index in [1.54, 1.807) is 33.1 Å². The summed E-state index contributed by atoms with van der Waals surface area (Å²) in [5.41, 5.74) is 12.5. The van der Waals surface area contributed by atoms with Crippen LogP contribution in [-0.4, -0.2) is 120 Å². The Kier molecular flexibility index (Phi) is 31.5. The first-order valence-corrected chi connectivity index (χ1v) is 24.6. The molecular formula is C49H72F3N11O14. The van der Waals surface area contributed by atoms with Crippen LogP contribution in [0.15, 0.2) is 65.7 Å². The molecule has 428 valence electrons. The van der Waals surface area contributed by atoms with Crippen molar-refractivity contribution >= 4 is 59.3 Å². The summed E-state index contributed by atoms with van der Waals surface area (Å²) in [5, 5.41) is 34.5. The zero-order valence-electron chi connectivity index (χ0n) is 43.7. The zero-order chi connectivity index (χ0) is 58.1. The standard InChI is InChI=1S/C47H71N11O12.C2HF3O2/c1-30(23-38(59)27-37(45(65)69-28-35-15-8-6-9-16-35)19-12-13-21-51-47(66)70-29-36-17-10-7-11-18-36)52-40(60)24-31(2)53-41(61)25-32(3)54-42(62)26-33(4)55-43(63)34(5)56-44(64)39(48)20-14-22-50-46(49)57-58(67)68;3-2(4,5)1(6)7/h6-11,15-18,30-34,37,39H,12-14,19-29,48H2,1-5H3,(H,51,66)(H,52,60)(H,53,61)(H,54,62)(H,55,63)(H,56,64)(H3,49,50,57);(H,6,7)/t30-,31+,32-,33+,34+,37-,39+;/m1./s1. The molecule has 0 aliphatic carbocycles. The van der Waals surface area contributed by atoms with Gasteiger partial charge in [-0.25, -0.2) is 19.9 Å². The van der Waals surface area contributed by atoms with E-state index in [4.69, 9.17) is 25.1 Å². The monoisotopic (exact) mass is 1100 g/mol. The van der Waals surface area contributed by atoms with Crippen molar-refractivity contribution in [2.45, 2.75) is 154 Å². The van der Waals surface area contributed by atoms with Crippen LogP contribution in [0.1, 0.15) is 110 Å². The van der Waals surface area contributed by atoms with E-state index in [2.05, 4.69) is 42.6 Å². The fourth-order valence-corrected chi connectivity index (χ4v) is 6.93. The molecule has 25 nitrogen and oxygen atoms in total. The van der Waals surface area contributed by atoms with Crippen LogP contribution in [0, 0.1) is 16.0 Å². The number of hydrazine groups is 1.